The molecular weight excluding hydrogens is 246 g/mol. The van der Waals surface area contributed by atoms with Gasteiger partial charge in [0, 0.05) is 5.92 Å². The standard InChI is InChI=1S/C16H14F2O/c1-9-2-4-10(5-3-9)11-8-16(19)13-7-15(18)14(17)6-12(11)13/h2-7,11,16,19H,8H2,1H3. The normalized spacial score (nSPS) is 21.5. The summed E-state index contributed by atoms with van der Waals surface area (Å²) in [6, 6.07) is 10.3. The van der Waals surface area contributed by atoms with Gasteiger partial charge in [-0.15, -0.1) is 0 Å². The third-order valence-electron chi connectivity index (χ3n) is 3.80. The molecule has 19 heavy (non-hydrogen) atoms. The highest BCUT2D eigenvalue weighted by molar-refractivity contribution is 5.44. The third kappa shape index (κ3) is 2.04. The average molecular weight is 260 g/mol. The summed E-state index contributed by atoms with van der Waals surface area (Å²) < 4.78 is 26.6. The number of halogens is 2. The molecular formula is C16H14F2O. The second-order valence-corrected chi connectivity index (χ2v) is 5.11. The van der Waals surface area contributed by atoms with Gasteiger partial charge in [0.2, 0.25) is 0 Å². The Kier molecular flexibility index (Phi) is 2.86. The fraction of sp³-hybridized carbons (Fsp3) is 0.250. The van der Waals surface area contributed by atoms with Crippen LogP contribution in [-0.4, -0.2) is 5.11 Å². The molecule has 0 bridgehead atoms. The van der Waals surface area contributed by atoms with E-state index in [0.29, 0.717) is 17.5 Å². The van der Waals surface area contributed by atoms with Crippen molar-refractivity contribution in [1.29, 1.82) is 0 Å². The molecule has 2 atom stereocenters. The Hall–Kier alpha value is -1.74. The predicted molar refractivity (Wildman–Crippen MR) is 69.0 cm³/mol. The van der Waals surface area contributed by atoms with Gasteiger partial charge in [0.15, 0.2) is 11.6 Å². The van der Waals surface area contributed by atoms with E-state index in [9.17, 15) is 13.9 Å². The van der Waals surface area contributed by atoms with Gasteiger partial charge in [-0.2, -0.15) is 0 Å². The molecule has 0 saturated heterocycles. The van der Waals surface area contributed by atoms with Gasteiger partial charge in [0.25, 0.3) is 0 Å². The molecule has 0 heterocycles. The van der Waals surface area contributed by atoms with Crippen LogP contribution in [0.1, 0.15) is 40.7 Å². The Balaban J connectivity index is 2.08. The first-order chi connectivity index (χ1) is 9.06. The van der Waals surface area contributed by atoms with E-state index in [1.807, 2.05) is 31.2 Å². The molecule has 2 unspecified atom stereocenters. The SMILES string of the molecule is Cc1ccc(C2CC(O)c3cc(F)c(F)cc32)cc1. The number of hydrogen-bond donors (Lipinski definition) is 1. The van der Waals surface area contributed by atoms with Gasteiger partial charge in [-0.25, -0.2) is 8.78 Å². The number of rotatable bonds is 1. The lowest BCUT2D eigenvalue weighted by atomic mass is 9.92. The van der Waals surface area contributed by atoms with Crippen LogP contribution in [-0.2, 0) is 0 Å². The zero-order chi connectivity index (χ0) is 13.6. The smallest absolute Gasteiger partial charge is 0.159 e. The van der Waals surface area contributed by atoms with Gasteiger partial charge in [0.1, 0.15) is 0 Å². The van der Waals surface area contributed by atoms with E-state index in [0.717, 1.165) is 17.2 Å². The van der Waals surface area contributed by atoms with E-state index in [1.165, 1.54) is 6.07 Å². The summed E-state index contributed by atoms with van der Waals surface area (Å²) in [7, 11) is 0. The number of fused-ring (bicyclic) bond motifs is 1. The Morgan fingerprint density at radius 2 is 1.58 bits per heavy atom. The second kappa shape index (κ2) is 4.42. The van der Waals surface area contributed by atoms with Crippen LogP contribution in [0.4, 0.5) is 8.78 Å². The monoisotopic (exact) mass is 260 g/mol. The molecule has 0 aliphatic heterocycles. The molecule has 0 aromatic heterocycles. The second-order valence-electron chi connectivity index (χ2n) is 5.11. The zero-order valence-electron chi connectivity index (χ0n) is 10.5. The summed E-state index contributed by atoms with van der Waals surface area (Å²) in [5, 5.41) is 9.99. The first-order valence-electron chi connectivity index (χ1n) is 6.29. The summed E-state index contributed by atoms with van der Waals surface area (Å²) in [5.74, 6) is -1.83. The minimum absolute atomic E-state index is 0.0688. The highest BCUT2D eigenvalue weighted by Gasteiger charge is 2.32. The van der Waals surface area contributed by atoms with Gasteiger partial charge >= 0.3 is 0 Å². The quantitative estimate of drug-likeness (QED) is 0.826. The van der Waals surface area contributed by atoms with Crippen LogP contribution in [0.3, 0.4) is 0 Å². The molecule has 1 nitrogen and oxygen atoms in total. The lowest BCUT2D eigenvalue weighted by Crippen LogP contribution is -1.98. The molecule has 0 radical (unpaired) electrons. The topological polar surface area (TPSA) is 20.2 Å². The van der Waals surface area contributed by atoms with Crippen molar-refractivity contribution in [3.05, 3.63) is 70.3 Å². The Bertz CT molecular complexity index is 619. The molecule has 3 heteroatoms. The molecule has 0 spiro atoms. The fourth-order valence-electron chi connectivity index (χ4n) is 2.76. The number of aliphatic hydroxyl groups excluding tert-OH is 1. The minimum Gasteiger partial charge on any atom is -0.388 e. The maximum absolute atomic E-state index is 13.4. The zero-order valence-corrected chi connectivity index (χ0v) is 10.5. The molecule has 1 N–H and O–H groups in total. The van der Waals surface area contributed by atoms with E-state index < -0.39 is 17.7 Å². The van der Waals surface area contributed by atoms with E-state index >= 15 is 0 Å². The van der Waals surface area contributed by atoms with Crippen molar-refractivity contribution in [3.8, 4) is 0 Å². The summed E-state index contributed by atoms with van der Waals surface area (Å²) >= 11 is 0. The average Bonchev–Trinajstić information content (AvgIpc) is 2.69. The third-order valence-corrected chi connectivity index (χ3v) is 3.80. The van der Waals surface area contributed by atoms with Gasteiger partial charge in [-0.3, -0.25) is 0 Å². The van der Waals surface area contributed by atoms with Crippen LogP contribution >= 0.6 is 0 Å². The molecule has 3 rings (SSSR count). The Morgan fingerprint density at radius 1 is 1.00 bits per heavy atom. The van der Waals surface area contributed by atoms with Crippen molar-refractivity contribution < 1.29 is 13.9 Å². The van der Waals surface area contributed by atoms with Crippen LogP contribution < -0.4 is 0 Å². The van der Waals surface area contributed by atoms with Crippen molar-refractivity contribution in [2.75, 3.05) is 0 Å². The van der Waals surface area contributed by atoms with Crippen molar-refractivity contribution in [3.63, 3.8) is 0 Å². The van der Waals surface area contributed by atoms with Crippen molar-refractivity contribution >= 4 is 0 Å². The largest absolute Gasteiger partial charge is 0.388 e. The Labute approximate surface area is 110 Å². The molecule has 2 aromatic rings. The van der Waals surface area contributed by atoms with Crippen molar-refractivity contribution in [2.24, 2.45) is 0 Å². The highest BCUT2D eigenvalue weighted by atomic mass is 19.2. The van der Waals surface area contributed by atoms with Crippen LogP contribution in [0, 0.1) is 18.6 Å². The number of hydrogen-bond acceptors (Lipinski definition) is 1. The summed E-state index contributed by atoms with van der Waals surface area (Å²) in [6.45, 7) is 2.00. The van der Waals surface area contributed by atoms with Crippen LogP contribution in [0.25, 0.3) is 0 Å². The van der Waals surface area contributed by atoms with E-state index in [2.05, 4.69) is 0 Å². The molecule has 0 amide bonds. The molecule has 98 valence electrons. The van der Waals surface area contributed by atoms with Gasteiger partial charge in [0.05, 0.1) is 6.10 Å². The van der Waals surface area contributed by atoms with Crippen molar-refractivity contribution in [2.45, 2.75) is 25.4 Å². The van der Waals surface area contributed by atoms with Gasteiger partial charge in [-0.05, 0) is 42.2 Å². The summed E-state index contributed by atoms with van der Waals surface area (Å²) in [5.41, 5.74) is 3.36. The number of aliphatic hydroxyl groups is 1. The van der Waals surface area contributed by atoms with E-state index in [4.69, 9.17) is 0 Å². The van der Waals surface area contributed by atoms with Gasteiger partial charge < -0.3 is 5.11 Å². The summed E-state index contributed by atoms with van der Waals surface area (Å²) in [6.07, 6.45) is -0.252. The fourth-order valence-corrected chi connectivity index (χ4v) is 2.76. The maximum atomic E-state index is 13.4. The number of benzene rings is 2. The van der Waals surface area contributed by atoms with Crippen LogP contribution in [0.2, 0.25) is 0 Å². The lowest BCUT2D eigenvalue weighted by molar-refractivity contribution is 0.176. The summed E-state index contributed by atoms with van der Waals surface area (Å²) in [4.78, 5) is 0. The minimum atomic E-state index is -0.901. The predicted octanol–water partition coefficient (Wildman–Crippen LogP) is 3.84. The highest BCUT2D eigenvalue weighted by Crippen LogP contribution is 2.44. The first kappa shape index (κ1) is 12.3. The van der Waals surface area contributed by atoms with Gasteiger partial charge in [-0.1, -0.05) is 29.8 Å². The maximum Gasteiger partial charge on any atom is 0.159 e. The van der Waals surface area contributed by atoms with Crippen molar-refractivity contribution in [1.82, 2.24) is 0 Å². The Morgan fingerprint density at radius 3 is 2.21 bits per heavy atom. The number of aryl methyl sites for hydroxylation is 1. The molecule has 0 fully saturated rings. The molecule has 1 aliphatic rings. The lowest BCUT2D eigenvalue weighted by Gasteiger charge is -2.12. The van der Waals surface area contributed by atoms with Crippen LogP contribution in [0.5, 0.6) is 0 Å². The van der Waals surface area contributed by atoms with E-state index in [-0.39, 0.29) is 5.92 Å². The molecule has 2 aromatic carbocycles. The molecule has 1 aliphatic carbocycles. The first-order valence-corrected chi connectivity index (χ1v) is 6.29. The van der Waals surface area contributed by atoms with E-state index in [1.54, 1.807) is 0 Å². The van der Waals surface area contributed by atoms with Crippen LogP contribution in [0.15, 0.2) is 36.4 Å². The molecule has 0 saturated carbocycles.